The zero-order valence-corrected chi connectivity index (χ0v) is 22.7. The number of carbonyl (C=O) groups is 4. The van der Waals surface area contributed by atoms with Crippen molar-refractivity contribution in [3.05, 3.63) is 23.7 Å². The predicted molar refractivity (Wildman–Crippen MR) is 128 cm³/mol. The van der Waals surface area contributed by atoms with Gasteiger partial charge in [0, 0.05) is 49.5 Å². The average Bonchev–Trinajstić information content (AvgIpc) is 3.28. The molecule has 4 rings (SSSR count). The van der Waals surface area contributed by atoms with Crippen LogP contribution >= 0.6 is 0 Å². The van der Waals surface area contributed by atoms with E-state index in [1.54, 1.807) is 26.8 Å². The first-order valence-corrected chi connectivity index (χ1v) is 12.7. The van der Waals surface area contributed by atoms with Gasteiger partial charge in [-0.15, -0.1) is 0 Å². The lowest BCUT2D eigenvalue weighted by Crippen LogP contribution is -2.82. The van der Waals surface area contributed by atoms with Gasteiger partial charge in [0.05, 0.1) is 19.3 Å². The number of aliphatic hydroxyl groups excluding tert-OH is 1. The number of rotatable bonds is 4. The first-order chi connectivity index (χ1) is 17.6. The van der Waals surface area contributed by atoms with Gasteiger partial charge in [0.15, 0.2) is 0 Å². The number of fused-ring (bicyclic) bond motifs is 4. The molecule has 0 amide bonds. The predicted octanol–water partition coefficient (Wildman–Crippen LogP) is 1.66. The van der Waals surface area contributed by atoms with E-state index in [1.807, 2.05) is 0 Å². The monoisotopic (exact) mass is 536 g/mol. The second kappa shape index (κ2) is 9.37. The topological polar surface area (TPSA) is 159 Å². The second-order valence-electron chi connectivity index (χ2n) is 11.5. The van der Waals surface area contributed by atoms with Crippen molar-refractivity contribution in [3.63, 3.8) is 0 Å². The number of methoxy groups -OCH3 is 1. The summed E-state index contributed by atoms with van der Waals surface area (Å²) in [6, 6.07) is 1.63. The number of ether oxygens (including phenoxy) is 4. The molecule has 210 valence electrons. The third-order valence-corrected chi connectivity index (χ3v) is 9.12. The van der Waals surface area contributed by atoms with Crippen LogP contribution in [0.3, 0.4) is 0 Å². The number of aliphatic hydroxyl groups is 2. The summed E-state index contributed by atoms with van der Waals surface area (Å²) in [5.74, 6) is -4.86. The molecule has 11 heteroatoms. The average molecular weight is 537 g/mol. The van der Waals surface area contributed by atoms with E-state index < -0.39 is 82.5 Å². The first kappa shape index (κ1) is 28.1. The van der Waals surface area contributed by atoms with Crippen molar-refractivity contribution < 1.29 is 52.8 Å². The van der Waals surface area contributed by atoms with Crippen molar-refractivity contribution >= 4 is 23.9 Å². The summed E-state index contributed by atoms with van der Waals surface area (Å²) in [4.78, 5) is 50.0. The van der Waals surface area contributed by atoms with Crippen molar-refractivity contribution in [3.8, 4) is 0 Å². The van der Waals surface area contributed by atoms with Crippen molar-refractivity contribution in [1.82, 2.24) is 0 Å². The minimum Gasteiger partial charge on any atom is -0.469 e. The van der Waals surface area contributed by atoms with Gasteiger partial charge in [-0.05, 0) is 18.4 Å². The minimum absolute atomic E-state index is 0.0320. The van der Waals surface area contributed by atoms with Crippen molar-refractivity contribution in [1.29, 1.82) is 0 Å². The summed E-state index contributed by atoms with van der Waals surface area (Å²) >= 11 is 0. The molecular weight excluding hydrogens is 500 g/mol. The minimum atomic E-state index is -2.04. The van der Waals surface area contributed by atoms with Crippen molar-refractivity contribution in [2.24, 2.45) is 22.7 Å². The zero-order valence-electron chi connectivity index (χ0n) is 22.7. The number of carbonyl (C=O) groups excluding carboxylic acids is 4. The van der Waals surface area contributed by atoms with E-state index in [0.717, 1.165) is 0 Å². The highest BCUT2D eigenvalue weighted by Gasteiger charge is 2.78. The molecule has 1 aromatic heterocycles. The molecule has 0 bridgehead atoms. The van der Waals surface area contributed by atoms with Crippen molar-refractivity contribution in [2.75, 3.05) is 7.11 Å². The van der Waals surface area contributed by atoms with Gasteiger partial charge in [0.1, 0.15) is 35.8 Å². The van der Waals surface area contributed by atoms with Gasteiger partial charge in [-0.25, -0.2) is 0 Å². The lowest BCUT2D eigenvalue weighted by Gasteiger charge is -2.70. The Labute approximate surface area is 220 Å². The fraction of sp³-hybridized carbons (Fsp3) is 0.704. The highest BCUT2D eigenvalue weighted by atomic mass is 16.6. The summed E-state index contributed by atoms with van der Waals surface area (Å²) in [7, 11) is 1.23. The number of furan rings is 1. The highest BCUT2D eigenvalue weighted by molar-refractivity contribution is 5.80. The number of hydrogen-bond donors (Lipinski definition) is 2. The molecule has 0 radical (unpaired) electrons. The van der Waals surface area contributed by atoms with E-state index in [9.17, 15) is 29.4 Å². The fourth-order valence-corrected chi connectivity index (χ4v) is 7.80. The van der Waals surface area contributed by atoms with Crippen LogP contribution in [0.4, 0.5) is 0 Å². The lowest BCUT2D eigenvalue weighted by molar-refractivity contribution is -0.352. The normalized spacial score (nSPS) is 39.0. The van der Waals surface area contributed by atoms with Gasteiger partial charge in [0.2, 0.25) is 0 Å². The summed E-state index contributed by atoms with van der Waals surface area (Å²) < 4.78 is 28.0. The van der Waals surface area contributed by atoms with E-state index in [2.05, 4.69) is 0 Å². The van der Waals surface area contributed by atoms with Crippen LogP contribution in [0, 0.1) is 22.7 Å². The molecule has 1 aromatic rings. The SMILES string of the molecule is COC(=O)[C@@H]1c2ccoc2C[C@H]2[C@H]1[C@@H](OC(C)=O)[C@H](O)[C@@]1(O)C(C)(C)C[C@H](OC(C)=O)[C@H](OC(C)=O)[C@@]21C. The molecule has 3 aliphatic rings. The maximum absolute atomic E-state index is 13.3. The van der Waals surface area contributed by atoms with Gasteiger partial charge in [-0.2, -0.15) is 0 Å². The van der Waals surface area contributed by atoms with Crippen LogP contribution in [0.5, 0.6) is 0 Å². The Balaban J connectivity index is 2.04. The lowest BCUT2D eigenvalue weighted by atomic mass is 9.38. The molecule has 1 heterocycles. The van der Waals surface area contributed by atoms with E-state index in [1.165, 1.54) is 34.1 Å². The van der Waals surface area contributed by atoms with Crippen LogP contribution in [0.1, 0.15) is 65.2 Å². The Morgan fingerprint density at radius 1 is 1.00 bits per heavy atom. The molecule has 0 aromatic carbocycles. The molecule has 2 N–H and O–H groups in total. The van der Waals surface area contributed by atoms with Gasteiger partial charge < -0.3 is 33.6 Å². The highest BCUT2D eigenvalue weighted by Crippen LogP contribution is 2.68. The molecule has 0 saturated heterocycles. The standard InChI is InChI=1S/C27H36O11/c1-12(28)36-18-11-25(4,5)27(33)22(31)21(37-13(2)29)20-16(26(27,6)23(18)38-14(3)30)10-17-15(8-9-35-17)19(20)24(32)34-7/h8-9,16,18-23,31,33H,10-11H2,1-7H3/t16-,18-,19+,20+,21+,22-,23-,26+,27+/m0/s1. The quantitative estimate of drug-likeness (QED) is 0.426. The van der Waals surface area contributed by atoms with E-state index in [0.29, 0.717) is 11.3 Å². The molecule has 0 spiro atoms. The third-order valence-electron chi connectivity index (χ3n) is 9.12. The van der Waals surface area contributed by atoms with Crippen LogP contribution in [0.15, 0.2) is 16.7 Å². The summed E-state index contributed by atoms with van der Waals surface area (Å²) in [5.41, 5.74) is -4.18. The van der Waals surface area contributed by atoms with Crippen LogP contribution in [-0.4, -0.2) is 71.2 Å². The molecule has 0 unspecified atom stereocenters. The summed E-state index contributed by atoms with van der Waals surface area (Å²) in [5, 5.41) is 24.6. The summed E-state index contributed by atoms with van der Waals surface area (Å²) in [6.45, 7) is 8.69. The molecule has 3 aliphatic carbocycles. The van der Waals surface area contributed by atoms with Gasteiger partial charge >= 0.3 is 23.9 Å². The maximum atomic E-state index is 13.3. The van der Waals surface area contributed by atoms with Crippen LogP contribution in [0.25, 0.3) is 0 Å². The molecule has 2 fully saturated rings. The Kier molecular flexibility index (Phi) is 6.93. The molecular formula is C27H36O11. The van der Waals surface area contributed by atoms with E-state index >= 15 is 0 Å². The third kappa shape index (κ3) is 3.85. The first-order valence-electron chi connectivity index (χ1n) is 12.7. The molecule has 2 saturated carbocycles. The second-order valence-corrected chi connectivity index (χ2v) is 11.5. The molecule has 38 heavy (non-hydrogen) atoms. The number of hydrogen-bond acceptors (Lipinski definition) is 11. The van der Waals surface area contributed by atoms with E-state index in [-0.39, 0.29) is 12.8 Å². The van der Waals surface area contributed by atoms with Crippen LogP contribution < -0.4 is 0 Å². The Morgan fingerprint density at radius 3 is 2.16 bits per heavy atom. The fourth-order valence-electron chi connectivity index (χ4n) is 7.80. The summed E-state index contributed by atoms with van der Waals surface area (Å²) in [6.07, 6.45) is -3.58. The number of esters is 4. The maximum Gasteiger partial charge on any atom is 0.313 e. The van der Waals surface area contributed by atoms with Crippen LogP contribution in [-0.2, 0) is 44.5 Å². The largest absolute Gasteiger partial charge is 0.469 e. The smallest absolute Gasteiger partial charge is 0.313 e. The molecule has 9 atom stereocenters. The van der Waals surface area contributed by atoms with Gasteiger partial charge in [0.25, 0.3) is 0 Å². The Hall–Kier alpha value is -2.92. The zero-order chi connectivity index (χ0) is 28.4. The van der Waals surface area contributed by atoms with E-state index in [4.69, 9.17) is 23.4 Å². The molecule has 0 aliphatic heterocycles. The Morgan fingerprint density at radius 2 is 1.61 bits per heavy atom. The van der Waals surface area contributed by atoms with Crippen LogP contribution in [0.2, 0.25) is 0 Å². The van der Waals surface area contributed by atoms with Crippen molar-refractivity contribution in [2.45, 2.75) is 90.3 Å². The Bertz CT molecular complexity index is 1140. The molecule has 11 nitrogen and oxygen atoms in total. The van der Waals surface area contributed by atoms with Gasteiger partial charge in [-0.3, -0.25) is 19.2 Å². The van der Waals surface area contributed by atoms with Gasteiger partial charge in [-0.1, -0.05) is 20.8 Å².